The van der Waals surface area contributed by atoms with E-state index in [1.54, 1.807) is 30.5 Å². The van der Waals surface area contributed by atoms with Crippen molar-refractivity contribution in [3.63, 3.8) is 0 Å². The number of carbonyl (C=O) groups excluding carboxylic acids is 2. The lowest BCUT2D eigenvalue weighted by atomic mass is 10.2. The lowest BCUT2D eigenvalue weighted by Crippen LogP contribution is -2.09. The third-order valence-corrected chi connectivity index (χ3v) is 3.77. The molecule has 2 rings (SSSR count). The Balaban J connectivity index is 1.89. The first kappa shape index (κ1) is 17.2. The molecule has 0 radical (unpaired) electrons. The SMILES string of the molecule is CCOC(=O)Cc1csc(NC(=O)/C=C\c2ccc(Cl)cc2)n1. The lowest BCUT2D eigenvalue weighted by molar-refractivity contribution is -0.142. The number of nitrogens with zero attached hydrogens (tertiary/aromatic N) is 1. The van der Waals surface area contributed by atoms with Crippen LogP contribution in [0.2, 0.25) is 5.02 Å². The first-order valence-electron chi connectivity index (χ1n) is 6.91. The molecule has 0 saturated heterocycles. The number of hydrogen-bond acceptors (Lipinski definition) is 5. The summed E-state index contributed by atoms with van der Waals surface area (Å²) in [6, 6.07) is 7.13. The minimum absolute atomic E-state index is 0.0980. The van der Waals surface area contributed by atoms with Gasteiger partial charge in [-0.2, -0.15) is 0 Å². The van der Waals surface area contributed by atoms with Crippen LogP contribution in [0.25, 0.3) is 6.08 Å². The largest absolute Gasteiger partial charge is 0.466 e. The number of benzene rings is 1. The first-order chi connectivity index (χ1) is 11.1. The fourth-order valence-electron chi connectivity index (χ4n) is 1.70. The highest BCUT2D eigenvalue weighted by Gasteiger charge is 2.09. The van der Waals surface area contributed by atoms with E-state index in [0.717, 1.165) is 5.56 Å². The van der Waals surface area contributed by atoms with E-state index >= 15 is 0 Å². The van der Waals surface area contributed by atoms with E-state index in [1.807, 2.05) is 12.1 Å². The smallest absolute Gasteiger partial charge is 0.311 e. The summed E-state index contributed by atoms with van der Waals surface area (Å²) in [5.41, 5.74) is 1.44. The molecule has 120 valence electrons. The summed E-state index contributed by atoms with van der Waals surface area (Å²) in [7, 11) is 0. The number of anilines is 1. The number of hydrogen-bond donors (Lipinski definition) is 1. The van der Waals surface area contributed by atoms with Gasteiger partial charge in [-0.25, -0.2) is 4.98 Å². The zero-order chi connectivity index (χ0) is 16.7. The predicted molar refractivity (Wildman–Crippen MR) is 91.6 cm³/mol. The maximum Gasteiger partial charge on any atom is 0.311 e. The first-order valence-corrected chi connectivity index (χ1v) is 8.17. The maximum atomic E-state index is 11.8. The van der Waals surface area contributed by atoms with Gasteiger partial charge in [-0.05, 0) is 30.7 Å². The van der Waals surface area contributed by atoms with Crippen LogP contribution in [0.1, 0.15) is 18.2 Å². The summed E-state index contributed by atoms with van der Waals surface area (Å²) < 4.78 is 4.85. The molecule has 0 bridgehead atoms. The fraction of sp³-hybridized carbons (Fsp3) is 0.188. The molecule has 5 nitrogen and oxygen atoms in total. The van der Waals surface area contributed by atoms with Crippen molar-refractivity contribution in [3.8, 4) is 0 Å². The summed E-state index contributed by atoms with van der Waals surface area (Å²) in [6.45, 7) is 2.08. The molecule has 23 heavy (non-hydrogen) atoms. The quantitative estimate of drug-likeness (QED) is 0.639. The Labute approximate surface area is 143 Å². The van der Waals surface area contributed by atoms with Gasteiger partial charge in [0.15, 0.2) is 5.13 Å². The molecule has 0 fully saturated rings. The van der Waals surface area contributed by atoms with Gasteiger partial charge in [-0.3, -0.25) is 14.9 Å². The standard InChI is InChI=1S/C16H15ClN2O3S/c1-2-22-15(21)9-13-10-23-16(18-13)19-14(20)8-5-11-3-6-12(17)7-4-11/h3-8,10H,2,9H2,1H3,(H,18,19,20)/b8-5-. The van der Waals surface area contributed by atoms with Crippen molar-refractivity contribution in [1.29, 1.82) is 0 Å². The third kappa shape index (κ3) is 5.84. The molecule has 0 spiro atoms. The summed E-state index contributed by atoms with van der Waals surface area (Å²) in [5, 5.41) is 5.45. The third-order valence-electron chi connectivity index (χ3n) is 2.71. The van der Waals surface area contributed by atoms with Crippen LogP contribution < -0.4 is 5.32 Å². The van der Waals surface area contributed by atoms with Crippen molar-refractivity contribution in [2.24, 2.45) is 0 Å². The van der Waals surface area contributed by atoms with Gasteiger partial charge in [0.05, 0.1) is 18.7 Å². The monoisotopic (exact) mass is 350 g/mol. The summed E-state index contributed by atoms with van der Waals surface area (Å²) in [4.78, 5) is 27.4. The predicted octanol–water partition coefficient (Wildman–Crippen LogP) is 3.55. The van der Waals surface area contributed by atoms with E-state index in [4.69, 9.17) is 16.3 Å². The van der Waals surface area contributed by atoms with Crippen LogP contribution in [0.4, 0.5) is 5.13 Å². The zero-order valence-electron chi connectivity index (χ0n) is 12.4. The van der Waals surface area contributed by atoms with Crippen molar-refractivity contribution < 1.29 is 14.3 Å². The Bertz CT molecular complexity index is 710. The van der Waals surface area contributed by atoms with Gasteiger partial charge >= 0.3 is 5.97 Å². The Morgan fingerprint density at radius 3 is 2.78 bits per heavy atom. The molecular formula is C16H15ClN2O3S. The number of nitrogens with one attached hydrogen (secondary N) is 1. The van der Waals surface area contributed by atoms with Gasteiger partial charge < -0.3 is 4.74 Å². The molecule has 0 aliphatic heterocycles. The zero-order valence-corrected chi connectivity index (χ0v) is 14.0. The normalized spacial score (nSPS) is 10.7. The number of aromatic nitrogens is 1. The van der Waals surface area contributed by atoms with Gasteiger partial charge in [0.1, 0.15) is 0 Å². The molecule has 1 aromatic carbocycles. The van der Waals surface area contributed by atoms with Crippen LogP contribution >= 0.6 is 22.9 Å². The minimum Gasteiger partial charge on any atom is -0.466 e. The number of amides is 1. The number of rotatable bonds is 6. The Hall–Kier alpha value is -2.18. The van der Waals surface area contributed by atoms with Gasteiger partial charge in [0.25, 0.3) is 0 Å². The average Bonchev–Trinajstić information content (AvgIpc) is 2.94. The van der Waals surface area contributed by atoms with Crippen molar-refractivity contribution in [3.05, 3.63) is 52.0 Å². The molecule has 0 unspecified atom stereocenters. The number of esters is 1. The van der Waals surface area contributed by atoms with E-state index in [-0.39, 0.29) is 18.3 Å². The van der Waals surface area contributed by atoms with Crippen LogP contribution in [0.5, 0.6) is 0 Å². The molecule has 0 aliphatic carbocycles. The topological polar surface area (TPSA) is 68.3 Å². The van der Waals surface area contributed by atoms with Crippen molar-refractivity contribution in [2.75, 3.05) is 11.9 Å². The molecule has 7 heteroatoms. The molecule has 0 atom stereocenters. The lowest BCUT2D eigenvalue weighted by Gasteiger charge is -1.98. The summed E-state index contributed by atoms with van der Waals surface area (Å²) >= 11 is 7.06. The molecular weight excluding hydrogens is 336 g/mol. The van der Waals surface area contributed by atoms with Crippen LogP contribution in [0, 0.1) is 0 Å². The molecule has 1 amide bonds. The van der Waals surface area contributed by atoms with Crippen LogP contribution in [0.15, 0.2) is 35.7 Å². The second kappa shape index (κ2) is 8.45. The highest BCUT2D eigenvalue weighted by atomic mass is 35.5. The molecule has 1 aromatic heterocycles. The highest BCUT2D eigenvalue weighted by Crippen LogP contribution is 2.16. The van der Waals surface area contributed by atoms with Crippen molar-refractivity contribution in [2.45, 2.75) is 13.3 Å². The van der Waals surface area contributed by atoms with Crippen molar-refractivity contribution >= 4 is 46.0 Å². The van der Waals surface area contributed by atoms with Crippen LogP contribution in [0.3, 0.4) is 0 Å². The number of halogens is 1. The maximum absolute atomic E-state index is 11.8. The van der Waals surface area contributed by atoms with Gasteiger partial charge in [0, 0.05) is 16.5 Å². The molecule has 1 heterocycles. The molecule has 0 saturated carbocycles. The van der Waals surface area contributed by atoms with Crippen molar-refractivity contribution in [1.82, 2.24) is 4.98 Å². The van der Waals surface area contributed by atoms with E-state index in [9.17, 15) is 9.59 Å². The second-order valence-corrected chi connectivity index (χ2v) is 5.79. The number of carbonyl (C=O) groups is 2. The number of ether oxygens (including phenoxy) is 1. The van der Waals surface area contributed by atoms with E-state index in [0.29, 0.717) is 22.5 Å². The molecule has 2 aromatic rings. The second-order valence-electron chi connectivity index (χ2n) is 4.50. The Morgan fingerprint density at radius 1 is 1.35 bits per heavy atom. The van der Waals surface area contributed by atoms with E-state index in [1.165, 1.54) is 17.4 Å². The molecule has 0 aliphatic rings. The Kier molecular flexibility index (Phi) is 6.31. The summed E-state index contributed by atoms with van der Waals surface area (Å²) in [6.07, 6.45) is 3.19. The number of thiazole rings is 1. The molecule has 1 N–H and O–H groups in total. The average molecular weight is 351 g/mol. The highest BCUT2D eigenvalue weighted by molar-refractivity contribution is 7.14. The van der Waals surface area contributed by atoms with E-state index < -0.39 is 0 Å². The van der Waals surface area contributed by atoms with Gasteiger partial charge in [-0.1, -0.05) is 23.7 Å². The van der Waals surface area contributed by atoms with E-state index in [2.05, 4.69) is 10.3 Å². The van der Waals surface area contributed by atoms with Gasteiger partial charge in [0.2, 0.25) is 5.91 Å². The summed E-state index contributed by atoms with van der Waals surface area (Å²) in [5.74, 6) is -0.629. The van der Waals surface area contributed by atoms with Gasteiger partial charge in [-0.15, -0.1) is 11.3 Å². The fourth-order valence-corrected chi connectivity index (χ4v) is 2.54. The van der Waals surface area contributed by atoms with Crippen LogP contribution in [-0.4, -0.2) is 23.5 Å². The minimum atomic E-state index is -0.335. The van der Waals surface area contributed by atoms with Crippen LogP contribution in [-0.2, 0) is 20.7 Å². The Morgan fingerprint density at radius 2 is 2.09 bits per heavy atom.